The lowest BCUT2D eigenvalue weighted by Gasteiger charge is -2.27. The second-order valence-corrected chi connectivity index (χ2v) is 7.28. The van der Waals surface area contributed by atoms with Gasteiger partial charge in [-0.05, 0) is 33.3 Å². The van der Waals surface area contributed by atoms with E-state index in [1.807, 2.05) is 0 Å². The first-order valence-corrected chi connectivity index (χ1v) is 9.21. The van der Waals surface area contributed by atoms with E-state index in [0.29, 0.717) is 0 Å². The zero-order chi connectivity index (χ0) is 22.0. The van der Waals surface area contributed by atoms with Gasteiger partial charge in [0.2, 0.25) is 5.91 Å². The molecule has 1 aromatic rings. The molecule has 0 saturated carbocycles. The molecular formula is C20H28N2O7. The van der Waals surface area contributed by atoms with Crippen molar-refractivity contribution in [1.29, 1.82) is 0 Å². The van der Waals surface area contributed by atoms with Crippen LogP contribution in [0.25, 0.3) is 0 Å². The minimum Gasteiger partial charge on any atom is -0.481 e. The van der Waals surface area contributed by atoms with Gasteiger partial charge in [-0.25, -0.2) is 4.79 Å². The quantitative estimate of drug-likeness (QED) is 0.599. The minimum absolute atomic E-state index is 0.0462. The van der Waals surface area contributed by atoms with Gasteiger partial charge in [-0.15, -0.1) is 0 Å². The van der Waals surface area contributed by atoms with Gasteiger partial charge in [0, 0.05) is 6.54 Å². The summed E-state index contributed by atoms with van der Waals surface area (Å²) in [5.74, 6) is -2.64. The molecule has 0 saturated heterocycles. The highest BCUT2D eigenvalue weighted by molar-refractivity contribution is 5.91. The number of ether oxygens (including phenoxy) is 2. The number of nitrogens with one attached hydrogen (secondary N) is 1. The molecule has 0 radical (unpaired) electrons. The molecule has 0 unspecified atom stereocenters. The highest BCUT2D eigenvalue weighted by Gasteiger charge is 2.31. The van der Waals surface area contributed by atoms with Crippen LogP contribution in [0.3, 0.4) is 0 Å². The summed E-state index contributed by atoms with van der Waals surface area (Å²) in [6.07, 6.45) is -1.58. The molecule has 0 aliphatic carbocycles. The third-order valence-electron chi connectivity index (χ3n) is 3.52. The van der Waals surface area contributed by atoms with Crippen LogP contribution in [-0.4, -0.2) is 58.7 Å². The van der Waals surface area contributed by atoms with E-state index in [2.05, 4.69) is 5.32 Å². The summed E-state index contributed by atoms with van der Waals surface area (Å²) in [6.45, 7) is 6.37. The van der Waals surface area contributed by atoms with Gasteiger partial charge in [-0.3, -0.25) is 14.4 Å². The van der Waals surface area contributed by atoms with Crippen molar-refractivity contribution in [2.75, 3.05) is 13.2 Å². The number of esters is 1. The Morgan fingerprint density at radius 2 is 1.76 bits per heavy atom. The molecule has 0 aromatic heterocycles. The van der Waals surface area contributed by atoms with E-state index in [-0.39, 0.29) is 19.7 Å². The fourth-order valence-electron chi connectivity index (χ4n) is 2.42. The Morgan fingerprint density at radius 3 is 2.28 bits per heavy atom. The van der Waals surface area contributed by atoms with Crippen molar-refractivity contribution in [3.8, 4) is 0 Å². The molecule has 1 rings (SSSR count). The van der Waals surface area contributed by atoms with Gasteiger partial charge in [0.15, 0.2) is 0 Å². The normalized spacial score (nSPS) is 11.9. The maximum absolute atomic E-state index is 13.0. The van der Waals surface area contributed by atoms with E-state index in [4.69, 9.17) is 14.6 Å². The van der Waals surface area contributed by atoms with E-state index in [1.165, 1.54) is 0 Å². The highest BCUT2D eigenvalue weighted by Crippen LogP contribution is 2.11. The van der Waals surface area contributed by atoms with Crippen molar-refractivity contribution in [2.45, 2.75) is 52.3 Å². The average Bonchev–Trinajstić information content (AvgIpc) is 2.59. The Bertz CT molecular complexity index is 713. The fourth-order valence-corrected chi connectivity index (χ4v) is 2.42. The predicted molar refractivity (Wildman–Crippen MR) is 104 cm³/mol. The molecule has 0 fully saturated rings. The lowest BCUT2D eigenvalue weighted by Crippen LogP contribution is -2.51. The summed E-state index contributed by atoms with van der Waals surface area (Å²) >= 11 is 0. The van der Waals surface area contributed by atoms with Crippen LogP contribution in [0.1, 0.15) is 39.7 Å². The topological polar surface area (TPSA) is 122 Å². The van der Waals surface area contributed by atoms with E-state index < -0.39 is 42.0 Å². The van der Waals surface area contributed by atoms with Gasteiger partial charge in [0.25, 0.3) is 0 Å². The Labute approximate surface area is 170 Å². The van der Waals surface area contributed by atoms with Crippen molar-refractivity contribution in [1.82, 2.24) is 10.2 Å². The zero-order valence-corrected chi connectivity index (χ0v) is 17.1. The molecule has 1 atom stereocenters. The number of carboxylic acid groups (broad SMARTS) is 1. The molecule has 0 heterocycles. The second kappa shape index (κ2) is 11.0. The summed E-state index contributed by atoms with van der Waals surface area (Å²) in [6, 6.07) is 7.47. The maximum Gasteiger partial charge on any atom is 0.408 e. The van der Waals surface area contributed by atoms with Gasteiger partial charge in [0.05, 0.1) is 13.0 Å². The van der Waals surface area contributed by atoms with Crippen LogP contribution in [0, 0.1) is 0 Å². The van der Waals surface area contributed by atoms with E-state index in [1.54, 1.807) is 58.0 Å². The SMILES string of the molecule is CCOC(=O)CN(Cc1ccccc1)C(=O)[C@H](CC(=O)O)NC(=O)OC(C)(C)C. The van der Waals surface area contributed by atoms with Crippen LogP contribution in [0.15, 0.2) is 30.3 Å². The highest BCUT2D eigenvalue weighted by atomic mass is 16.6. The van der Waals surface area contributed by atoms with Crippen molar-refractivity contribution in [2.24, 2.45) is 0 Å². The Balaban J connectivity index is 3.05. The van der Waals surface area contributed by atoms with Crippen molar-refractivity contribution >= 4 is 23.9 Å². The van der Waals surface area contributed by atoms with E-state index in [9.17, 15) is 19.2 Å². The third kappa shape index (κ3) is 9.59. The number of carboxylic acids is 1. The Morgan fingerprint density at radius 1 is 1.14 bits per heavy atom. The van der Waals surface area contributed by atoms with Gasteiger partial charge in [-0.1, -0.05) is 30.3 Å². The summed E-state index contributed by atoms with van der Waals surface area (Å²) in [5, 5.41) is 11.5. The van der Waals surface area contributed by atoms with Crippen LogP contribution in [0.5, 0.6) is 0 Å². The molecule has 2 amide bonds. The van der Waals surface area contributed by atoms with Crippen LogP contribution in [-0.2, 0) is 30.4 Å². The zero-order valence-electron chi connectivity index (χ0n) is 17.1. The number of hydrogen-bond donors (Lipinski definition) is 2. The lowest BCUT2D eigenvalue weighted by atomic mass is 10.1. The third-order valence-corrected chi connectivity index (χ3v) is 3.52. The number of carbonyl (C=O) groups excluding carboxylic acids is 3. The smallest absolute Gasteiger partial charge is 0.408 e. The number of alkyl carbamates (subject to hydrolysis) is 1. The van der Waals surface area contributed by atoms with Gasteiger partial charge >= 0.3 is 18.0 Å². The molecule has 1 aromatic carbocycles. The molecule has 0 aliphatic rings. The van der Waals surface area contributed by atoms with Crippen molar-refractivity contribution < 1.29 is 33.8 Å². The molecule has 29 heavy (non-hydrogen) atoms. The first kappa shape index (κ1) is 23.9. The van der Waals surface area contributed by atoms with Gasteiger partial charge in [-0.2, -0.15) is 0 Å². The van der Waals surface area contributed by atoms with E-state index in [0.717, 1.165) is 10.5 Å². The average molecular weight is 408 g/mol. The minimum atomic E-state index is -1.40. The van der Waals surface area contributed by atoms with E-state index >= 15 is 0 Å². The summed E-state index contributed by atoms with van der Waals surface area (Å²) < 4.78 is 10.0. The van der Waals surface area contributed by atoms with Crippen LogP contribution < -0.4 is 5.32 Å². The van der Waals surface area contributed by atoms with Crippen LogP contribution >= 0.6 is 0 Å². The molecule has 0 spiro atoms. The first-order valence-electron chi connectivity index (χ1n) is 9.21. The molecule has 9 nitrogen and oxygen atoms in total. The predicted octanol–water partition coefficient (Wildman–Crippen LogP) is 1.95. The number of benzene rings is 1. The van der Waals surface area contributed by atoms with Gasteiger partial charge in [0.1, 0.15) is 18.2 Å². The largest absolute Gasteiger partial charge is 0.481 e. The number of amides is 2. The number of carbonyl (C=O) groups is 4. The lowest BCUT2D eigenvalue weighted by molar-refractivity contribution is -0.150. The fraction of sp³-hybridized carbons (Fsp3) is 0.500. The van der Waals surface area contributed by atoms with Crippen LogP contribution in [0.2, 0.25) is 0 Å². The van der Waals surface area contributed by atoms with Crippen LogP contribution in [0.4, 0.5) is 4.79 Å². The maximum atomic E-state index is 13.0. The monoisotopic (exact) mass is 408 g/mol. The standard InChI is InChI=1S/C20H28N2O7/c1-5-28-17(25)13-22(12-14-9-7-6-8-10-14)18(26)15(11-16(23)24)21-19(27)29-20(2,3)4/h6-10,15H,5,11-13H2,1-4H3,(H,21,27)(H,23,24)/t15-/m0/s1. The number of hydrogen-bond acceptors (Lipinski definition) is 6. The second-order valence-electron chi connectivity index (χ2n) is 7.28. The molecule has 0 aliphatic heterocycles. The summed E-state index contributed by atoms with van der Waals surface area (Å²) in [5.41, 5.74) is -0.0910. The summed E-state index contributed by atoms with van der Waals surface area (Å²) in [7, 11) is 0. The molecule has 9 heteroatoms. The molecule has 2 N–H and O–H groups in total. The van der Waals surface area contributed by atoms with Crippen molar-refractivity contribution in [3.63, 3.8) is 0 Å². The van der Waals surface area contributed by atoms with Crippen molar-refractivity contribution in [3.05, 3.63) is 35.9 Å². The molecule has 160 valence electrons. The number of nitrogens with zero attached hydrogens (tertiary/aromatic N) is 1. The number of rotatable bonds is 9. The summed E-state index contributed by atoms with van der Waals surface area (Å²) in [4.78, 5) is 49.4. The number of aliphatic carboxylic acids is 1. The Hall–Kier alpha value is -3.10. The Kier molecular flexibility index (Phi) is 9.11. The first-order chi connectivity index (χ1) is 13.5. The molecular weight excluding hydrogens is 380 g/mol. The molecule has 0 bridgehead atoms. The van der Waals surface area contributed by atoms with Gasteiger partial charge < -0.3 is 24.8 Å².